The lowest BCUT2D eigenvalue weighted by molar-refractivity contribution is -0.137. The number of halogens is 3. The van der Waals surface area contributed by atoms with Crippen LogP contribution >= 0.6 is 11.3 Å². The number of carbonyl (C=O) groups excluding carboxylic acids is 1. The second kappa shape index (κ2) is 9.65. The van der Waals surface area contributed by atoms with Gasteiger partial charge in [-0.2, -0.15) is 13.2 Å². The number of nitrogens with one attached hydrogen (secondary N) is 2. The van der Waals surface area contributed by atoms with Crippen molar-refractivity contribution in [3.05, 3.63) is 53.2 Å². The zero-order chi connectivity index (χ0) is 22.4. The van der Waals surface area contributed by atoms with Gasteiger partial charge in [0.1, 0.15) is 16.5 Å². The Hall–Kier alpha value is -3.34. The number of carbonyl (C=O) groups is 1. The molecule has 0 bridgehead atoms. The second-order valence-corrected chi connectivity index (χ2v) is 7.05. The van der Waals surface area contributed by atoms with E-state index in [0.29, 0.717) is 22.1 Å². The molecule has 2 heterocycles. The van der Waals surface area contributed by atoms with Gasteiger partial charge in [-0.05, 0) is 24.3 Å². The van der Waals surface area contributed by atoms with Gasteiger partial charge in [-0.1, -0.05) is 6.07 Å². The van der Waals surface area contributed by atoms with Gasteiger partial charge in [-0.25, -0.2) is 9.97 Å². The average Bonchev–Trinajstić information content (AvgIpc) is 3.26. The van der Waals surface area contributed by atoms with E-state index in [-0.39, 0.29) is 30.5 Å². The minimum Gasteiger partial charge on any atom is -0.493 e. The number of rotatable bonds is 8. The van der Waals surface area contributed by atoms with Gasteiger partial charge in [-0.3, -0.25) is 4.79 Å². The van der Waals surface area contributed by atoms with Crippen molar-refractivity contribution in [1.82, 2.24) is 15.3 Å². The number of para-hydroxylation sites is 1. The molecule has 1 aromatic carbocycles. The Morgan fingerprint density at radius 1 is 1.13 bits per heavy atom. The molecule has 0 unspecified atom stereocenters. The molecule has 0 aliphatic carbocycles. The van der Waals surface area contributed by atoms with Crippen molar-refractivity contribution in [2.45, 2.75) is 6.18 Å². The van der Waals surface area contributed by atoms with E-state index in [1.165, 1.54) is 31.6 Å². The summed E-state index contributed by atoms with van der Waals surface area (Å²) in [7, 11) is 3.07. The van der Waals surface area contributed by atoms with Crippen LogP contribution in [0.15, 0.2) is 41.9 Å². The van der Waals surface area contributed by atoms with Crippen molar-refractivity contribution in [2.75, 3.05) is 32.6 Å². The van der Waals surface area contributed by atoms with Crippen molar-refractivity contribution in [1.29, 1.82) is 0 Å². The number of amides is 1. The maximum atomic E-state index is 12.5. The first-order valence-corrected chi connectivity index (χ1v) is 9.93. The number of methoxy groups -OCH3 is 2. The number of pyridine rings is 1. The van der Waals surface area contributed by atoms with Gasteiger partial charge in [0, 0.05) is 24.7 Å². The summed E-state index contributed by atoms with van der Waals surface area (Å²) in [5.74, 6) is 0.999. The van der Waals surface area contributed by atoms with Gasteiger partial charge in [0.2, 0.25) is 0 Å². The molecule has 2 aromatic heterocycles. The summed E-state index contributed by atoms with van der Waals surface area (Å²) in [4.78, 5) is 20.4. The summed E-state index contributed by atoms with van der Waals surface area (Å²) in [5.41, 5.74) is 0.136. The zero-order valence-electron chi connectivity index (χ0n) is 16.6. The molecular weight excluding hydrogens is 433 g/mol. The molecule has 0 aliphatic heterocycles. The molecule has 0 saturated heterocycles. The highest BCUT2D eigenvalue weighted by Crippen LogP contribution is 2.38. The Morgan fingerprint density at radius 3 is 2.58 bits per heavy atom. The summed E-state index contributed by atoms with van der Waals surface area (Å²) >= 11 is 1.29. The molecule has 0 spiro atoms. The van der Waals surface area contributed by atoms with Crippen LogP contribution in [0.25, 0.3) is 10.6 Å². The van der Waals surface area contributed by atoms with Gasteiger partial charge in [-0.15, -0.1) is 11.3 Å². The van der Waals surface area contributed by atoms with Crippen LogP contribution in [-0.2, 0) is 6.18 Å². The smallest absolute Gasteiger partial charge is 0.417 e. The molecule has 0 fully saturated rings. The molecule has 0 aliphatic rings. The normalized spacial score (nSPS) is 11.1. The fourth-order valence-corrected chi connectivity index (χ4v) is 3.50. The quantitative estimate of drug-likeness (QED) is 0.501. The Balaban J connectivity index is 1.55. The van der Waals surface area contributed by atoms with E-state index in [0.717, 1.165) is 12.3 Å². The highest BCUT2D eigenvalue weighted by Gasteiger charge is 2.30. The van der Waals surface area contributed by atoms with Crippen molar-refractivity contribution < 1.29 is 27.4 Å². The van der Waals surface area contributed by atoms with Crippen LogP contribution in [0.2, 0.25) is 0 Å². The average molecular weight is 452 g/mol. The van der Waals surface area contributed by atoms with Crippen molar-refractivity contribution in [3.63, 3.8) is 0 Å². The SMILES string of the molecule is COc1cccc(-c2nc(C(=O)NCCNc3ccc(C(F)(F)F)cn3)cs2)c1OC. The third kappa shape index (κ3) is 5.43. The van der Waals surface area contributed by atoms with Crippen LogP contribution < -0.4 is 20.1 Å². The Morgan fingerprint density at radius 2 is 1.94 bits per heavy atom. The maximum absolute atomic E-state index is 12.5. The lowest BCUT2D eigenvalue weighted by atomic mass is 10.2. The number of anilines is 1. The van der Waals surface area contributed by atoms with E-state index in [1.54, 1.807) is 17.5 Å². The molecule has 164 valence electrons. The monoisotopic (exact) mass is 452 g/mol. The molecule has 3 rings (SSSR count). The standard InChI is InChI=1S/C20H19F3N4O3S/c1-29-15-5-3-4-13(17(15)30-2)19-27-14(11-31-19)18(28)25-9-8-24-16-7-6-12(10-26-16)20(21,22)23/h3-7,10-11H,8-9H2,1-2H3,(H,24,26)(H,25,28). The Bertz CT molecular complexity index is 1040. The van der Waals surface area contributed by atoms with Crippen LogP contribution in [0, 0.1) is 0 Å². The lowest BCUT2D eigenvalue weighted by Crippen LogP contribution is -2.29. The molecule has 2 N–H and O–H groups in total. The third-order valence-electron chi connectivity index (χ3n) is 4.18. The number of ether oxygens (including phenoxy) is 2. The van der Waals surface area contributed by atoms with E-state index in [9.17, 15) is 18.0 Å². The fourth-order valence-electron chi connectivity index (χ4n) is 2.68. The van der Waals surface area contributed by atoms with E-state index in [4.69, 9.17) is 9.47 Å². The number of thiazole rings is 1. The summed E-state index contributed by atoms with van der Waals surface area (Å²) in [6.45, 7) is 0.516. The molecule has 0 atom stereocenters. The molecule has 31 heavy (non-hydrogen) atoms. The van der Waals surface area contributed by atoms with Gasteiger partial charge in [0.25, 0.3) is 5.91 Å². The Kier molecular flexibility index (Phi) is 6.95. The van der Waals surface area contributed by atoms with E-state index in [2.05, 4.69) is 20.6 Å². The molecule has 7 nitrogen and oxygen atoms in total. The van der Waals surface area contributed by atoms with E-state index >= 15 is 0 Å². The Labute approximate surface area is 180 Å². The molecule has 0 radical (unpaired) electrons. The largest absolute Gasteiger partial charge is 0.493 e. The van der Waals surface area contributed by atoms with Crippen molar-refractivity contribution >= 4 is 23.1 Å². The molecule has 11 heteroatoms. The number of benzene rings is 1. The van der Waals surface area contributed by atoms with Gasteiger partial charge in [0.05, 0.1) is 25.3 Å². The number of aromatic nitrogens is 2. The van der Waals surface area contributed by atoms with E-state index in [1.807, 2.05) is 6.07 Å². The summed E-state index contributed by atoms with van der Waals surface area (Å²) < 4.78 is 48.3. The predicted molar refractivity (Wildman–Crippen MR) is 111 cm³/mol. The molecule has 3 aromatic rings. The second-order valence-electron chi connectivity index (χ2n) is 6.19. The number of hydrogen-bond acceptors (Lipinski definition) is 7. The van der Waals surface area contributed by atoms with Crippen LogP contribution in [0.4, 0.5) is 19.0 Å². The molecule has 0 saturated carbocycles. The fraction of sp³-hybridized carbons (Fsp3) is 0.250. The first kappa shape index (κ1) is 22.3. The summed E-state index contributed by atoms with van der Waals surface area (Å²) in [6, 6.07) is 7.57. The lowest BCUT2D eigenvalue weighted by Gasteiger charge is -2.10. The van der Waals surface area contributed by atoms with Crippen molar-refractivity contribution in [3.8, 4) is 22.1 Å². The summed E-state index contributed by atoms with van der Waals surface area (Å²) in [6.07, 6.45) is -3.68. The highest BCUT2D eigenvalue weighted by atomic mass is 32.1. The minimum atomic E-state index is -4.43. The predicted octanol–water partition coefficient (Wildman–Crippen LogP) is 4.08. The zero-order valence-corrected chi connectivity index (χ0v) is 17.4. The highest BCUT2D eigenvalue weighted by molar-refractivity contribution is 7.13. The molecule has 1 amide bonds. The van der Waals surface area contributed by atoms with Gasteiger partial charge >= 0.3 is 6.18 Å². The topological polar surface area (TPSA) is 85.4 Å². The third-order valence-corrected chi connectivity index (χ3v) is 5.05. The first-order valence-electron chi connectivity index (χ1n) is 9.05. The van der Waals surface area contributed by atoms with Gasteiger partial charge < -0.3 is 20.1 Å². The van der Waals surface area contributed by atoms with Crippen LogP contribution in [-0.4, -0.2) is 43.2 Å². The number of alkyl halides is 3. The number of hydrogen-bond donors (Lipinski definition) is 2. The molecular formula is C20H19F3N4O3S. The summed E-state index contributed by atoms with van der Waals surface area (Å²) in [5, 5.41) is 7.79. The van der Waals surface area contributed by atoms with Crippen LogP contribution in [0.3, 0.4) is 0 Å². The number of nitrogens with zero attached hydrogens (tertiary/aromatic N) is 2. The minimum absolute atomic E-state index is 0.233. The maximum Gasteiger partial charge on any atom is 0.417 e. The van der Waals surface area contributed by atoms with Gasteiger partial charge in [0.15, 0.2) is 11.5 Å². The first-order chi connectivity index (χ1) is 14.8. The van der Waals surface area contributed by atoms with Crippen LogP contribution in [0.1, 0.15) is 16.1 Å². The van der Waals surface area contributed by atoms with E-state index < -0.39 is 11.7 Å². The van der Waals surface area contributed by atoms with Crippen LogP contribution in [0.5, 0.6) is 11.5 Å². The van der Waals surface area contributed by atoms with Crippen molar-refractivity contribution in [2.24, 2.45) is 0 Å².